The van der Waals surface area contributed by atoms with Crippen LogP contribution in [-0.4, -0.2) is 37.5 Å². The minimum absolute atomic E-state index is 0.269. The zero-order valence-electron chi connectivity index (χ0n) is 14.0. The normalized spacial score (nSPS) is 38.6. The van der Waals surface area contributed by atoms with Crippen molar-refractivity contribution in [2.24, 2.45) is 5.41 Å². The van der Waals surface area contributed by atoms with Gasteiger partial charge in [-0.05, 0) is 58.4 Å². The average Bonchev–Trinajstić information content (AvgIpc) is 3.17. The van der Waals surface area contributed by atoms with Gasteiger partial charge in [0.05, 0.1) is 17.8 Å². The number of rotatable bonds is 6. The van der Waals surface area contributed by atoms with Crippen LogP contribution in [0.5, 0.6) is 0 Å². The molecule has 0 aromatic carbocycles. The molecule has 1 spiro atoms. The first-order valence-electron chi connectivity index (χ1n) is 9.18. The van der Waals surface area contributed by atoms with E-state index < -0.39 is 0 Å². The Balaban J connectivity index is 1.59. The summed E-state index contributed by atoms with van der Waals surface area (Å²) in [7, 11) is 0. The Bertz CT molecular complexity index is 340. The molecule has 122 valence electrons. The quantitative estimate of drug-likeness (QED) is 0.759. The molecule has 1 aliphatic carbocycles. The summed E-state index contributed by atoms with van der Waals surface area (Å²) in [6.45, 7) is 7.63. The maximum atomic E-state index is 6.57. The highest BCUT2D eigenvalue weighted by molar-refractivity contribution is 4.98. The fourth-order valence-electron chi connectivity index (χ4n) is 4.79. The van der Waals surface area contributed by atoms with Crippen LogP contribution in [-0.2, 0) is 9.47 Å². The van der Waals surface area contributed by atoms with Gasteiger partial charge in [0, 0.05) is 18.6 Å². The fourth-order valence-corrected chi connectivity index (χ4v) is 4.79. The van der Waals surface area contributed by atoms with Crippen LogP contribution < -0.4 is 5.32 Å². The Morgan fingerprint density at radius 3 is 2.62 bits per heavy atom. The van der Waals surface area contributed by atoms with Gasteiger partial charge in [-0.25, -0.2) is 0 Å². The third-order valence-corrected chi connectivity index (χ3v) is 6.22. The molecule has 3 rings (SSSR count). The van der Waals surface area contributed by atoms with Crippen LogP contribution in [0.4, 0.5) is 0 Å². The van der Waals surface area contributed by atoms with Crippen LogP contribution in [0.15, 0.2) is 0 Å². The number of hydrogen-bond acceptors (Lipinski definition) is 3. The number of nitrogens with one attached hydrogen (secondary N) is 1. The van der Waals surface area contributed by atoms with Gasteiger partial charge in [-0.2, -0.15) is 0 Å². The summed E-state index contributed by atoms with van der Waals surface area (Å²) >= 11 is 0. The highest BCUT2D eigenvalue weighted by atomic mass is 16.5. The van der Waals surface area contributed by atoms with Crippen LogP contribution in [0.2, 0.25) is 0 Å². The molecule has 3 aliphatic rings. The van der Waals surface area contributed by atoms with Gasteiger partial charge in [-0.15, -0.1) is 0 Å². The molecule has 3 atom stereocenters. The maximum absolute atomic E-state index is 6.57. The van der Waals surface area contributed by atoms with Crippen LogP contribution in [0.3, 0.4) is 0 Å². The number of hydrogen-bond donors (Lipinski definition) is 1. The van der Waals surface area contributed by atoms with E-state index in [0.29, 0.717) is 17.6 Å². The monoisotopic (exact) mass is 295 g/mol. The summed E-state index contributed by atoms with van der Waals surface area (Å²) in [6.07, 6.45) is 12.3. The molecule has 3 heteroatoms. The summed E-state index contributed by atoms with van der Waals surface area (Å²) in [5.41, 5.74) is 0.565. The lowest BCUT2D eigenvalue weighted by atomic mass is 9.76. The van der Waals surface area contributed by atoms with Crippen molar-refractivity contribution < 1.29 is 9.47 Å². The summed E-state index contributed by atoms with van der Waals surface area (Å²) in [5.74, 6) is 0. The van der Waals surface area contributed by atoms with E-state index in [9.17, 15) is 0 Å². The lowest BCUT2D eigenvalue weighted by molar-refractivity contribution is -0.0614. The summed E-state index contributed by atoms with van der Waals surface area (Å²) in [6, 6.07) is 0. The van der Waals surface area contributed by atoms with Gasteiger partial charge < -0.3 is 14.8 Å². The van der Waals surface area contributed by atoms with E-state index >= 15 is 0 Å². The summed E-state index contributed by atoms with van der Waals surface area (Å²) < 4.78 is 12.5. The van der Waals surface area contributed by atoms with Gasteiger partial charge in [0.1, 0.15) is 0 Å². The molecule has 2 heterocycles. The molecule has 2 saturated heterocycles. The molecule has 3 nitrogen and oxygen atoms in total. The molecule has 2 aliphatic heterocycles. The van der Waals surface area contributed by atoms with Crippen molar-refractivity contribution in [3.8, 4) is 0 Å². The minimum atomic E-state index is 0.269. The third kappa shape index (κ3) is 3.30. The fraction of sp³-hybridized carbons (Fsp3) is 1.00. The van der Waals surface area contributed by atoms with Gasteiger partial charge in [0.15, 0.2) is 0 Å². The molecule has 0 bridgehead atoms. The third-order valence-electron chi connectivity index (χ3n) is 6.22. The van der Waals surface area contributed by atoms with Crippen molar-refractivity contribution >= 4 is 0 Å². The highest BCUT2D eigenvalue weighted by Crippen LogP contribution is 2.48. The van der Waals surface area contributed by atoms with Crippen molar-refractivity contribution in [1.29, 1.82) is 0 Å². The van der Waals surface area contributed by atoms with Crippen molar-refractivity contribution in [2.45, 2.75) is 89.4 Å². The number of ether oxygens (including phenoxy) is 2. The Morgan fingerprint density at radius 1 is 1.14 bits per heavy atom. The molecule has 0 amide bonds. The van der Waals surface area contributed by atoms with Gasteiger partial charge >= 0.3 is 0 Å². The molecule has 0 radical (unpaired) electrons. The predicted molar refractivity (Wildman–Crippen MR) is 85.5 cm³/mol. The SMILES string of the molecule is CCCNCC1(CC2CCC3(CCCC3)O2)CCOC1C. The lowest BCUT2D eigenvalue weighted by Crippen LogP contribution is -2.42. The van der Waals surface area contributed by atoms with E-state index in [1.54, 1.807) is 0 Å². The lowest BCUT2D eigenvalue weighted by Gasteiger charge is -2.35. The van der Waals surface area contributed by atoms with E-state index in [1.807, 2.05) is 0 Å². The largest absolute Gasteiger partial charge is 0.378 e. The first-order chi connectivity index (χ1) is 10.2. The average molecular weight is 295 g/mol. The van der Waals surface area contributed by atoms with Crippen molar-refractivity contribution in [3.63, 3.8) is 0 Å². The van der Waals surface area contributed by atoms with Gasteiger partial charge in [-0.3, -0.25) is 0 Å². The molecular weight excluding hydrogens is 262 g/mol. The zero-order valence-corrected chi connectivity index (χ0v) is 14.0. The topological polar surface area (TPSA) is 30.5 Å². The van der Waals surface area contributed by atoms with E-state index in [0.717, 1.165) is 19.7 Å². The molecule has 0 aromatic heterocycles. The predicted octanol–water partition coefficient (Wildman–Crippen LogP) is 3.66. The van der Waals surface area contributed by atoms with Crippen molar-refractivity contribution in [3.05, 3.63) is 0 Å². The molecule has 3 fully saturated rings. The Morgan fingerprint density at radius 2 is 1.95 bits per heavy atom. The molecule has 1 N–H and O–H groups in total. The summed E-state index contributed by atoms with van der Waals surface area (Å²) in [4.78, 5) is 0. The Hall–Kier alpha value is -0.120. The molecule has 3 unspecified atom stereocenters. The first kappa shape index (κ1) is 15.8. The van der Waals surface area contributed by atoms with Gasteiger partial charge in [-0.1, -0.05) is 19.8 Å². The van der Waals surface area contributed by atoms with Crippen molar-refractivity contribution in [2.75, 3.05) is 19.7 Å². The van der Waals surface area contributed by atoms with E-state index in [2.05, 4.69) is 19.2 Å². The summed E-state index contributed by atoms with van der Waals surface area (Å²) in [5, 5.41) is 3.65. The molecule has 21 heavy (non-hydrogen) atoms. The molecule has 1 saturated carbocycles. The highest BCUT2D eigenvalue weighted by Gasteiger charge is 2.48. The van der Waals surface area contributed by atoms with Crippen LogP contribution in [0.1, 0.15) is 71.6 Å². The molecule has 0 aromatic rings. The maximum Gasteiger partial charge on any atom is 0.0687 e. The van der Waals surface area contributed by atoms with E-state index in [4.69, 9.17) is 9.47 Å². The second-order valence-electron chi connectivity index (χ2n) is 7.67. The van der Waals surface area contributed by atoms with Crippen LogP contribution in [0, 0.1) is 5.41 Å². The second-order valence-corrected chi connectivity index (χ2v) is 7.67. The Kier molecular flexibility index (Phi) is 4.92. The van der Waals surface area contributed by atoms with Crippen LogP contribution >= 0.6 is 0 Å². The standard InChI is InChI=1S/C18H33NO2/c1-3-11-19-14-17(10-12-20-15(17)2)13-16-6-9-18(21-16)7-4-5-8-18/h15-16,19H,3-14H2,1-2H3. The van der Waals surface area contributed by atoms with Gasteiger partial charge in [0.25, 0.3) is 0 Å². The minimum Gasteiger partial charge on any atom is -0.378 e. The van der Waals surface area contributed by atoms with Gasteiger partial charge in [0.2, 0.25) is 0 Å². The first-order valence-corrected chi connectivity index (χ1v) is 9.18. The smallest absolute Gasteiger partial charge is 0.0687 e. The Labute approximate surface area is 130 Å². The van der Waals surface area contributed by atoms with E-state index in [-0.39, 0.29) is 5.60 Å². The van der Waals surface area contributed by atoms with Crippen molar-refractivity contribution in [1.82, 2.24) is 5.32 Å². The molecular formula is C18H33NO2. The van der Waals surface area contributed by atoms with E-state index in [1.165, 1.54) is 57.8 Å². The zero-order chi connectivity index (χ0) is 14.8. The van der Waals surface area contributed by atoms with Crippen LogP contribution in [0.25, 0.3) is 0 Å². The second kappa shape index (κ2) is 6.55.